The molecule has 4 N–H and O–H groups in total. The quantitative estimate of drug-likeness (QED) is 0.146. The number of nitrogens with zero attached hydrogens (tertiary/aromatic N) is 3. The topological polar surface area (TPSA) is 131 Å². The van der Waals surface area contributed by atoms with Crippen LogP contribution in [0.4, 0.5) is 55.7 Å². The first-order valence-corrected chi connectivity index (χ1v) is 16.4. The molecule has 0 saturated heterocycles. The minimum Gasteiger partial charge on any atom is -0.465 e. The van der Waals surface area contributed by atoms with E-state index in [-0.39, 0.29) is 60.3 Å². The summed E-state index contributed by atoms with van der Waals surface area (Å²) in [5, 5.41) is 13.0. The summed E-state index contributed by atoms with van der Waals surface area (Å²) in [7, 11) is 0. The van der Waals surface area contributed by atoms with Crippen molar-refractivity contribution in [3.8, 4) is 0 Å². The Hall–Kier alpha value is -4.61. The average molecular weight is 764 g/mol. The van der Waals surface area contributed by atoms with Gasteiger partial charge in [-0.3, -0.25) is 9.69 Å². The van der Waals surface area contributed by atoms with Crippen LogP contribution in [0.15, 0.2) is 42.6 Å². The molecule has 18 heteroatoms. The number of hydrogen-bond donors (Lipinski definition) is 3. The smallest absolute Gasteiger partial charge is 0.416 e. The van der Waals surface area contributed by atoms with Crippen molar-refractivity contribution in [2.45, 2.75) is 96.0 Å². The molecule has 4 rings (SSSR count). The zero-order valence-electron chi connectivity index (χ0n) is 29.2. The highest BCUT2D eigenvalue weighted by molar-refractivity contribution is 5.90. The Morgan fingerprint density at radius 1 is 0.962 bits per heavy atom. The second-order valence-electron chi connectivity index (χ2n) is 13.8. The summed E-state index contributed by atoms with van der Waals surface area (Å²) in [6.45, 7) is 8.11. The number of rotatable bonds is 9. The molecule has 0 aliphatic carbocycles. The number of nitrogens with one attached hydrogen (secondary N) is 1. The van der Waals surface area contributed by atoms with Crippen LogP contribution in [0.5, 0.6) is 0 Å². The van der Waals surface area contributed by atoms with Crippen LogP contribution in [0.2, 0.25) is 0 Å². The molecule has 3 aromatic rings. The summed E-state index contributed by atoms with van der Waals surface area (Å²) in [6.07, 6.45) is -16.3. The average Bonchev–Trinajstić information content (AvgIpc) is 3.02. The zero-order chi connectivity index (χ0) is 39.9. The Bertz CT molecular complexity index is 1810. The van der Waals surface area contributed by atoms with Gasteiger partial charge >= 0.3 is 30.6 Å². The van der Waals surface area contributed by atoms with Gasteiger partial charge in [-0.25, -0.2) is 14.8 Å². The van der Waals surface area contributed by atoms with Crippen molar-refractivity contribution < 1.29 is 58.9 Å². The summed E-state index contributed by atoms with van der Waals surface area (Å²) in [6, 6.07) is 3.39. The van der Waals surface area contributed by atoms with Gasteiger partial charge in [0, 0.05) is 18.9 Å². The second-order valence-corrected chi connectivity index (χ2v) is 13.8. The molecule has 53 heavy (non-hydrogen) atoms. The lowest BCUT2D eigenvalue weighted by Crippen LogP contribution is -2.61. The normalized spacial score (nSPS) is 18.7. The molecule has 1 aromatic heterocycles. The minimum atomic E-state index is -5.15. The number of benzene rings is 2. The summed E-state index contributed by atoms with van der Waals surface area (Å²) in [4.78, 5) is 34.8. The van der Waals surface area contributed by atoms with Gasteiger partial charge in [-0.2, -0.15) is 39.5 Å². The van der Waals surface area contributed by atoms with Crippen molar-refractivity contribution in [3.63, 3.8) is 0 Å². The molecule has 2 heterocycles. The van der Waals surface area contributed by atoms with Gasteiger partial charge in [0.2, 0.25) is 0 Å². The molecule has 1 aliphatic rings. The van der Waals surface area contributed by atoms with Gasteiger partial charge in [-0.1, -0.05) is 13.8 Å². The second kappa shape index (κ2) is 14.7. The maximum absolute atomic E-state index is 13.9. The monoisotopic (exact) mass is 763 g/mol. The third-order valence-corrected chi connectivity index (χ3v) is 8.77. The third kappa shape index (κ3) is 9.50. The van der Waals surface area contributed by atoms with Crippen LogP contribution < -0.4 is 16.0 Å². The molecule has 1 unspecified atom stereocenters. The van der Waals surface area contributed by atoms with Crippen LogP contribution >= 0.6 is 0 Å². The Balaban J connectivity index is 1.91. The maximum Gasteiger partial charge on any atom is 0.416 e. The van der Waals surface area contributed by atoms with E-state index < -0.39 is 82.4 Å². The molecule has 1 amide bonds. The molecule has 1 aliphatic heterocycles. The summed E-state index contributed by atoms with van der Waals surface area (Å²) >= 11 is 0. The lowest BCUT2D eigenvalue weighted by Gasteiger charge is -2.46. The van der Waals surface area contributed by atoms with Gasteiger partial charge in [-0.05, 0) is 87.6 Å². The van der Waals surface area contributed by atoms with E-state index in [4.69, 9.17) is 10.5 Å². The number of carbonyl (C=O) groups excluding carboxylic acids is 1. The molecule has 0 saturated carbocycles. The number of ether oxygens (including phenoxy) is 1. The molecule has 9 nitrogen and oxygen atoms in total. The molecule has 3 atom stereocenters. The number of amides is 1. The standard InChI is InChI=1S/C35H38F9N5O4/c1-6-19(29(50)53-31(3,4)5)16-46-26-17-47-28(48-25(26)12-18-10-21(34(39,40)41)13-22(11-18)35(42,43)44)24-15-32(45,7-2)49(30(51)52)27-9-8-20(14-23(24)27)33(36,37)38/h8-11,13-14,17,19,24,46H,6-7,12,15-16,45H2,1-5H3,(H,51,52)/t19?,24-,32+/m0/s1. The number of aromatic nitrogens is 2. The van der Waals surface area contributed by atoms with E-state index in [9.17, 15) is 54.2 Å². The third-order valence-electron chi connectivity index (χ3n) is 8.77. The largest absolute Gasteiger partial charge is 0.465 e. The molecule has 2 aromatic carbocycles. The molecule has 0 fully saturated rings. The number of halogens is 9. The van der Waals surface area contributed by atoms with E-state index in [1.807, 2.05) is 0 Å². The van der Waals surface area contributed by atoms with Crippen molar-refractivity contribution in [3.05, 3.63) is 81.9 Å². The molecule has 290 valence electrons. The van der Waals surface area contributed by atoms with E-state index in [1.165, 1.54) is 0 Å². The van der Waals surface area contributed by atoms with Crippen LogP contribution in [0, 0.1) is 5.92 Å². The number of anilines is 2. The minimum absolute atomic E-state index is 0.00321. The summed E-state index contributed by atoms with van der Waals surface area (Å²) < 4.78 is 130. The number of alkyl halides is 9. The predicted octanol–water partition coefficient (Wildman–Crippen LogP) is 8.99. The van der Waals surface area contributed by atoms with E-state index in [0.717, 1.165) is 23.2 Å². The Morgan fingerprint density at radius 3 is 2.04 bits per heavy atom. The molecular weight excluding hydrogens is 725 g/mol. The fraction of sp³-hybridized carbons (Fsp3) is 0.486. The summed E-state index contributed by atoms with van der Waals surface area (Å²) in [5.41, 5.74) is -1.22. The number of esters is 1. The van der Waals surface area contributed by atoms with Crippen LogP contribution in [0.3, 0.4) is 0 Å². The number of carbonyl (C=O) groups is 2. The highest BCUT2D eigenvalue weighted by atomic mass is 19.4. The fourth-order valence-corrected chi connectivity index (χ4v) is 6.04. The van der Waals surface area contributed by atoms with Crippen LogP contribution in [0.1, 0.15) is 99.1 Å². The zero-order valence-corrected chi connectivity index (χ0v) is 29.2. The SMILES string of the molecule is CCC(CNc1cnc([C@H]2C[C@@](N)(CC)N(C(=O)O)c3ccc(C(F)(F)F)cc32)nc1Cc1cc(C(F)(F)F)cc(C(F)(F)F)c1)C(=O)OC(C)(C)C. The summed E-state index contributed by atoms with van der Waals surface area (Å²) in [5.74, 6) is -2.78. The van der Waals surface area contributed by atoms with Gasteiger partial charge in [0.15, 0.2) is 0 Å². The molecular formula is C35H38F9N5O4. The first-order chi connectivity index (χ1) is 24.3. The Morgan fingerprint density at radius 2 is 1.55 bits per heavy atom. The van der Waals surface area contributed by atoms with Gasteiger partial charge in [-0.15, -0.1) is 0 Å². The predicted molar refractivity (Wildman–Crippen MR) is 175 cm³/mol. The number of fused-ring (bicyclic) bond motifs is 1. The van der Waals surface area contributed by atoms with Gasteiger partial charge in [0.1, 0.15) is 17.1 Å². The van der Waals surface area contributed by atoms with E-state index >= 15 is 0 Å². The first kappa shape index (κ1) is 41.2. The van der Waals surface area contributed by atoms with Crippen LogP contribution in [0.25, 0.3) is 0 Å². The van der Waals surface area contributed by atoms with E-state index in [0.29, 0.717) is 18.2 Å². The highest BCUT2D eigenvalue weighted by Gasteiger charge is 2.47. The van der Waals surface area contributed by atoms with Gasteiger partial charge in [0.25, 0.3) is 0 Å². The lowest BCUT2D eigenvalue weighted by molar-refractivity contribution is -0.159. The van der Waals surface area contributed by atoms with Crippen molar-refractivity contribution >= 4 is 23.4 Å². The van der Waals surface area contributed by atoms with Crippen LogP contribution in [-0.2, 0) is 34.5 Å². The Kier molecular flexibility index (Phi) is 11.4. The van der Waals surface area contributed by atoms with Crippen LogP contribution in [-0.4, -0.2) is 44.9 Å². The van der Waals surface area contributed by atoms with Crippen molar-refractivity contribution in [2.24, 2.45) is 11.7 Å². The molecule has 0 radical (unpaired) electrons. The van der Waals surface area contributed by atoms with Crippen molar-refractivity contribution in [2.75, 3.05) is 16.8 Å². The number of hydrogen-bond acceptors (Lipinski definition) is 7. The highest BCUT2D eigenvalue weighted by Crippen LogP contribution is 2.47. The van der Waals surface area contributed by atoms with Gasteiger partial charge < -0.3 is 20.9 Å². The first-order valence-electron chi connectivity index (χ1n) is 16.4. The molecule has 0 bridgehead atoms. The van der Waals surface area contributed by atoms with E-state index in [1.54, 1.807) is 34.6 Å². The fourth-order valence-electron chi connectivity index (χ4n) is 6.04. The number of nitrogens with two attached hydrogens (primary N) is 1. The Labute approximate surface area is 298 Å². The van der Waals surface area contributed by atoms with E-state index in [2.05, 4.69) is 15.3 Å². The van der Waals surface area contributed by atoms with Crippen molar-refractivity contribution in [1.82, 2.24) is 9.97 Å². The maximum atomic E-state index is 13.9. The number of carboxylic acid groups (broad SMARTS) is 1. The van der Waals surface area contributed by atoms with Gasteiger partial charge in [0.05, 0.1) is 45.9 Å². The van der Waals surface area contributed by atoms with Crippen molar-refractivity contribution in [1.29, 1.82) is 0 Å². The molecule has 0 spiro atoms. The lowest BCUT2D eigenvalue weighted by atomic mass is 9.80.